The van der Waals surface area contributed by atoms with E-state index < -0.39 is 0 Å². The number of para-hydroxylation sites is 1. The number of amides is 2. The number of hydrogen-bond acceptors (Lipinski definition) is 3. The number of carbonyl (C=O) groups excluding carboxylic acids is 2. The van der Waals surface area contributed by atoms with Crippen LogP contribution in [-0.4, -0.2) is 42.5 Å². The van der Waals surface area contributed by atoms with Gasteiger partial charge in [0.25, 0.3) is 5.91 Å². The lowest BCUT2D eigenvalue weighted by Crippen LogP contribution is -2.47. The van der Waals surface area contributed by atoms with Gasteiger partial charge in [-0.2, -0.15) is 0 Å². The number of piperidine rings is 1. The fourth-order valence-electron chi connectivity index (χ4n) is 2.50. The molecule has 1 saturated heterocycles. The minimum absolute atomic E-state index is 0.0106. The van der Waals surface area contributed by atoms with Gasteiger partial charge in [-0.15, -0.1) is 0 Å². The summed E-state index contributed by atoms with van der Waals surface area (Å²) in [7, 11) is 0. The maximum atomic E-state index is 11.9. The molecule has 118 valence electrons. The highest BCUT2D eigenvalue weighted by molar-refractivity contribution is 5.87. The molecule has 0 aromatic heterocycles. The van der Waals surface area contributed by atoms with Crippen molar-refractivity contribution in [1.82, 2.24) is 10.2 Å². The Morgan fingerprint density at radius 3 is 2.68 bits per heavy atom. The van der Waals surface area contributed by atoms with Crippen LogP contribution in [-0.2, 0) is 9.59 Å². The van der Waals surface area contributed by atoms with E-state index in [4.69, 9.17) is 4.74 Å². The summed E-state index contributed by atoms with van der Waals surface area (Å²) in [6.45, 7) is 6.74. The van der Waals surface area contributed by atoms with Crippen LogP contribution in [0.1, 0.15) is 18.4 Å². The van der Waals surface area contributed by atoms with Gasteiger partial charge in [-0.25, -0.2) is 0 Å². The number of ether oxygens (including phenoxy) is 1. The van der Waals surface area contributed by atoms with Gasteiger partial charge in [0, 0.05) is 19.1 Å². The summed E-state index contributed by atoms with van der Waals surface area (Å²) in [6, 6.07) is 7.70. The summed E-state index contributed by atoms with van der Waals surface area (Å²) in [5.41, 5.74) is 1.01. The number of nitrogens with one attached hydrogen (secondary N) is 1. The van der Waals surface area contributed by atoms with Crippen LogP contribution in [0.25, 0.3) is 0 Å². The fourth-order valence-corrected chi connectivity index (χ4v) is 2.50. The molecule has 1 aliphatic rings. The SMILES string of the molecule is C=CC(=O)N1CCC(NC(=O)COc2ccccc2C)CC1. The zero-order chi connectivity index (χ0) is 15.9. The van der Waals surface area contributed by atoms with Crippen LogP contribution in [0.3, 0.4) is 0 Å². The monoisotopic (exact) mass is 302 g/mol. The third kappa shape index (κ3) is 4.35. The molecule has 0 spiro atoms. The maximum absolute atomic E-state index is 11.9. The van der Waals surface area contributed by atoms with E-state index in [9.17, 15) is 9.59 Å². The van der Waals surface area contributed by atoms with Gasteiger partial charge in [0.2, 0.25) is 5.91 Å². The second-order valence-corrected chi connectivity index (χ2v) is 5.43. The standard InChI is InChI=1S/C17H22N2O3/c1-3-17(21)19-10-8-14(9-11-19)18-16(20)12-22-15-7-5-4-6-13(15)2/h3-7,14H,1,8-12H2,2H3,(H,18,20). The van der Waals surface area contributed by atoms with Crippen molar-refractivity contribution >= 4 is 11.8 Å². The van der Waals surface area contributed by atoms with Gasteiger partial charge in [-0.3, -0.25) is 9.59 Å². The second kappa shape index (κ2) is 7.64. The molecule has 1 heterocycles. The number of rotatable bonds is 5. The van der Waals surface area contributed by atoms with Crippen LogP contribution in [0.5, 0.6) is 5.75 Å². The Morgan fingerprint density at radius 2 is 2.05 bits per heavy atom. The molecule has 5 nitrogen and oxygen atoms in total. The Balaban J connectivity index is 1.73. The normalized spacial score (nSPS) is 15.2. The quantitative estimate of drug-likeness (QED) is 0.842. The highest BCUT2D eigenvalue weighted by Crippen LogP contribution is 2.16. The molecule has 2 rings (SSSR count). The summed E-state index contributed by atoms with van der Waals surface area (Å²) in [6.07, 6.45) is 2.85. The average Bonchev–Trinajstić information content (AvgIpc) is 2.54. The second-order valence-electron chi connectivity index (χ2n) is 5.43. The molecule has 0 aliphatic carbocycles. The first kappa shape index (κ1) is 16.1. The topological polar surface area (TPSA) is 58.6 Å². The molecule has 0 radical (unpaired) electrons. The molecule has 5 heteroatoms. The molecule has 0 atom stereocenters. The van der Waals surface area contributed by atoms with Gasteiger partial charge < -0.3 is 15.0 Å². The van der Waals surface area contributed by atoms with Crippen molar-refractivity contribution in [1.29, 1.82) is 0 Å². The first-order valence-corrected chi connectivity index (χ1v) is 7.49. The zero-order valence-corrected chi connectivity index (χ0v) is 12.9. The predicted octanol–water partition coefficient (Wildman–Crippen LogP) is 1.67. The van der Waals surface area contributed by atoms with E-state index in [0.29, 0.717) is 13.1 Å². The van der Waals surface area contributed by atoms with Crippen LogP contribution in [0.15, 0.2) is 36.9 Å². The molecular formula is C17H22N2O3. The van der Waals surface area contributed by atoms with Crippen LogP contribution in [0.2, 0.25) is 0 Å². The molecule has 1 aliphatic heterocycles. The van der Waals surface area contributed by atoms with Gasteiger partial charge >= 0.3 is 0 Å². The lowest BCUT2D eigenvalue weighted by atomic mass is 10.0. The highest BCUT2D eigenvalue weighted by Gasteiger charge is 2.22. The predicted molar refractivity (Wildman–Crippen MR) is 84.6 cm³/mol. The smallest absolute Gasteiger partial charge is 0.258 e. The molecule has 1 aromatic carbocycles. The van der Waals surface area contributed by atoms with Crippen LogP contribution in [0, 0.1) is 6.92 Å². The van der Waals surface area contributed by atoms with Crippen molar-refractivity contribution in [3.8, 4) is 5.75 Å². The van der Waals surface area contributed by atoms with Crippen molar-refractivity contribution in [2.24, 2.45) is 0 Å². The van der Waals surface area contributed by atoms with Crippen molar-refractivity contribution in [2.75, 3.05) is 19.7 Å². The Kier molecular flexibility index (Phi) is 5.58. The number of hydrogen-bond donors (Lipinski definition) is 1. The van der Waals surface area contributed by atoms with E-state index in [0.717, 1.165) is 24.2 Å². The molecule has 22 heavy (non-hydrogen) atoms. The van der Waals surface area contributed by atoms with E-state index in [-0.39, 0.29) is 24.5 Å². The van der Waals surface area contributed by atoms with E-state index in [1.54, 1.807) is 4.90 Å². The Morgan fingerprint density at radius 1 is 1.36 bits per heavy atom. The first-order valence-electron chi connectivity index (χ1n) is 7.49. The zero-order valence-electron chi connectivity index (χ0n) is 12.9. The minimum Gasteiger partial charge on any atom is -0.484 e. The largest absolute Gasteiger partial charge is 0.484 e. The molecule has 1 fully saturated rings. The Bertz CT molecular complexity index is 549. The summed E-state index contributed by atoms with van der Waals surface area (Å²) in [5, 5.41) is 2.96. The van der Waals surface area contributed by atoms with Crippen LogP contribution >= 0.6 is 0 Å². The van der Waals surface area contributed by atoms with E-state index in [1.807, 2.05) is 31.2 Å². The minimum atomic E-state index is -0.128. The number of carbonyl (C=O) groups is 2. The Hall–Kier alpha value is -2.30. The van der Waals surface area contributed by atoms with E-state index in [2.05, 4.69) is 11.9 Å². The van der Waals surface area contributed by atoms with Crippen molar-refractivity contribution in [2.45, 2.75) is 25.8 Å². The van der Waals surface area contributed by atoms with Crippen LogP contribution < -0.4 is 10.1 Å². The molecule has 1 aromatic rings. The van der Waals surface area contributed by atoms with Gasteiger partial charge in [0.1, 0.15) is 5.75 Å². The van der Waals surface area contributed by atoms with Gasteiger partial charge in [-0.05, 0) is 37.5 Å². The third-order valence-corrected chi connectivity index (χ3v) is 3.80. The molecule has 0 saturated carbocycles. The van der Waals surface area contributed by atoms with Gasteiger partial charge in [0.15, 0.2) is 6.61 Å². The van der Waals surface area contributed by atoms with Crippen molar-refractivity contribution < 1.29 is 14.3 Å². The molecule has 2 amide bonds. The molecule has 0 bridgehead atoms. The Labute approximate surface area is 130 Å². The van der Waals surface area contributed by atoms with Crippen molar-refractivity contribution in [3.05, 3.63) is 42.5 Å². The summed E-state index contributed by atoms with van der Waals surface area (Å²) < 4.78 is 5.53. The summed E-state index contributed by atoms with van der Waals surface area (Å²) in [5.74, 6) is 0.550. The van der Waals surface area contributed by atoms with E-state index >= 15 is 0 Å². The molecule has 1 N–H and O–H groups in total. The van der Waals surface area contributed by atoms with Crippen LogP contribution in [0.4, 0.5) is 0 Å². The lowest BCUT2D eigenvalue weighted by molar-refractivity contribution is -0.127. The van der Waals surface area contributed by atoms with Gasteiger partial charge in [-0.1, -0.05) is 24.8 Å². The number of aryl methyl sites for hydroxylation is 1. The third-order valence-electron chi connectivity index (χ3n) is 3.80. The van der Waals surface area contributed by atoms with Crippen molar-refractivity contribution in [3.63, 3.8) is 0 Å². The number of nitrogens with zero attached hydrogens (tertiary/aromatic N) is 1. The summed E-state index contributed by atoms with van der Waals surface area (Å²) >= 11 is 0. The fraction of sp³-hybridized carbons (Fsp3) is 0.412. The van der Waals surface area contributed by atoms with Gasteiger partial charge in [0.05, 0.1) is 0 Å². The number of benzene rings is 1. The first-order chi connectivity index (χ1) is 10.6. The highest BCUT2D eigenvalue weighted by atomic mass is 16.5. The molecule has 0 unspecified atom stereocenters. The van der Waals surface area contributed by atoms with E-state index in [1.165, 1.54) is 6.08 Å². The number of likely N-dealkylation sites (tertiary alicyclic amines) is 1. The molecular weight excluding hydrogens is 280 g/mol. The summed E-state index contributed by atoms with van der Waals surface area (Å²) in [4.78, 5) is 25.2. The maximum Gasteiger partial charge on any atom is 0.258 e. The average molecular weight is 302 g/mol. The lowest BCUT2D eigenvalue weighted by Gasteiger charge is -2.31.